The standard InChI is InChI=1S/C9H14BrN/c1-4-8(2)6-5-7-11-9(3)10/h4-6H,7H2,1-3H3/b6-5?,8-4-,11-9?. The van der Waals surface area contributed by atoms with Gasteiger partial charge in [0, 0.05) is 0 Å². The molecule has 0 aromatic rings. The second-order valence-electron chi connectivity index (χ2n) is 2.27. The van der Waals surface area contributed by atoms with Crippen molar-refractivity contribution in [3.8, 4) is 0 Å². The van der Waals surface area contributed by atoms with Gasteiger partial charge < -0.3 is 0 Å². The number of hydrogen-bond donors (Lipinski definition) is 0. The van der Waals surface area contributed by atoms with Crippen molar-refractivity contribution in [3.63, 3.8) is 0 Å². The molecule has 0 bridgehead atoms. The van der Waals surface area contributed by atoms with Crippen LogP contribution in [0.3, 0.4) is 0 Å². The molecule has 0 aliphatic rings. The first-order chi connectivity index (χ1) is 5.16. The van der Waals surface area contributed by atoms with Gasteiger partial charge in [0.15, 0.2) is 0 Å². The minimum absolute atomic E-state index is 0.752. The third kappa shape index (κ3) is 7.53. The number of aliphatic imine (C=N–C) groups is 1. The maximum atomic E-state index is 4.15. The molecule has 11 heavy (non-hydrogen) atoms. The summed E-state index contributed by atoms with van der Waals surface area (Å²) in [5, 5.41) is 0. The number of rotatable bonds is 3. The van der Waals surface area contributed by atoms with E-state index < -0.39 is 0 Å². The van der Waals surface area contributed by atoms with E-state index in [4.69, 9.17) is 0 Å². The smallest absolute Gasteiger partial charge is 0.0747 e. The highest BCUT2D eigenvalue weighted by Gasteiger charge is 1.78. The average Bonchev–Trinajstić information content (AvgIpc) is 1.97. The van der Waals surface area contributed by atoms with Crippen molar-refractivity contribution in [2.45, 2.75) is 20.8 Å². The van der Waals surface area contributed by atoms with Crippen molar-refractivity contribution in [2.24, 2.45) is 4.99 Å². The van der Waals surface area contributed by atoms with Gasteiger partial charge >= 0.3 is 0 Å². The molecule has 0 atom stereocenters. The van der Waals surface area contributed by atoms with E-state index in [2.05, 4.69) is 40.0 Å². The molecule has 0 aliphatic heterocycles. The van der Waals surface area contributed by atoms with Gasteiger partial charge in [-0.15, -0.1) is 0 Å². The van der Waals surface area contributed by atoms with E-state index in [0.29, 0.717) is 0 Å². The van der Waals surface area contributed by atoms with Crippen molar-refractivity contribution in [1.29, 1.82) is 0 Å². The summed E-state index contributed by atoms with van der Waals surface area (Å²) in [5.74, 6) is 0. The molecular weight excluding hydrogens is 202 g/mol. The van der Waals surface area contributed by atoms with Crippen LogP contribution in [0, 0.1) is 0 Å². The van der Waals surface area contributed by atoms with Crippen molar-refractivity contribution >= 4 is 20.6 Å². The summed E-state index contributed by atoms with van der Waals surface area (Å²) in [7, 11) is 0. The highest BCUT2D eigenvalue weighted by Crippen LogP contribution is 1.94. The third-order valence-corrected chi connectivity index (χ3v) is 1.50. The minimum atomic E-state index is 0.752. The molecule has 0 heterocycles. The molecule has 0 rings (SSSR count). The Balaban J connectivity index is 3.71. The summed E-state index contributed by atoms with van der Waals surface area (Å²) in [4.78, 5) is 4.15. The van der Waals surface area contributed by atoms with Crippen LogP contribution in [-0.2, 0) is 0 Å². The maximum absolute atomic E-state index is 4.15. The van der Waals surface area contributed by atoms with Crippen LogP contribution < -0.4 is 0 Å². The monoisotopic (exact) mass is 215 g/mol. The molecule has 0 unspecified atom stereocenters. The van der Waals surface area contributed by atoms with Gasteiger partial charge in [0.1, 0.15) is 0 Å². The summed E-state index contributed by atoms with van der Waals surface area (Å²) >= 11 is 3.26. The Bertz CT molecular complexity index is 186. The Kier molecular flexibility index (Phi) is 6.13. The lowest BCUT2D eigenvalue weighted by molar-refractivity contribution is 1.24. The molecule has 62 valence electrons. The number of nitrogens with zero attached hydrogens (tertiary/aromatic N) is 1. The fraction of sp³-hybridized carbons (Fsp3) is 0.444. The topological polar surface area (TPSA) is 12.4 Å². The zero-order valence-electron chi connectivity index (χ0n) is 7.26. The van der Waals surface area contributed by atoms with Crippen LogP contribution in [0.1, 0.15) is 20.8 Å². The zero-order chi connectivity index (χ0) is 8.69. The molecule has 0 saturated carbocycles. The molecule has 0 saturated heterocycles. The van der Waals surface area contributed by atoms with Crippen LogP contribution in [0.2, 0.25) is 0 Å². The Morgan fingerprint density at radius 3 is 2.55 bits per heavy atom. The van der Waals surface area contributed by atoms with Crippen LogP contribution in [0.5, 0.6) is 0 Å². The van der Waals surface area contributed by atoms with Crippen molar-refractivity contribution in [3.05, 3.63) is 23.8 Å². The first-order valence-corrected chi connectivity index (χ1v) is 4.42. The van der Waals surface area contributed by atoms with Gasteiger partial charge in [-0.2, -0.15) is 0 Å². The van der Waals surface area contributed by atoms with Crippen molar-refractivity contribution in [1.82, 2.24) is 0 Å². The number of hydrogen-bond acceptors (Lipinski definition) is 1. The van der Waals surface area contributed by atoms with Crippen LogP contribution in [-0.4, -0.2) is 11.2 Å². The van der Waals surface area contributed by atoms with Gasteiger partial charge in [-0.3, -0.25) is 4.99 Å². The van der Waals surface area contributed by atoms with Crippen molar-refractivity contribution in [2.75, 3.05) is 6.54 Å². The van der Waals surface area contributed by atoms with E-state index in [-0.39, 0.29) is 0 Å². The molecule has 0 aliphatic carbocycles. The van der Waals surface area contributed by atoms with Crippen LogP contribution in [0.15, 0.2) is 28.8 Å². The quantitative estimate of drug-likeness (QED) is 0.506. The van der Waals surface area contributed by atoms with Gasteiger partial charge in [-0.1, -0.05) is 23.8 Å². The Morgan fingerprint density at radius 1 is 1.45 bits per heavy atom. The van der Waals surface area contributed by atoms with Crippen LogP contribution >= 0.6 is 15.9 Å². The molecule has 0 N–H and O–H groups in total. The number of allylic oxidation sites excluding steroid dienone is 3. The van der Waals surface area contributed by atoms with E-state index >= 15 is 0 Å². The zero-order valence-corrected chi connectivity index (χ0v) is 8.85. The largest absolute Gasteiger partial charge is 0.279 e. The fourth-order valence-electron chi connectivity index (χ4n) is 0.513. The molecule has 0 radical (unpaired) electrons. The van der Waals surface area contributed by atoms with Gasteiger partial charge in [0.2, 0.25) is 0 Å². The molecule has 0 spiro atoms. The van der Waals surface area contributed by atoms with Crippen molar-refractivity contribution < 1.29 is 0 Å². The molecule has 0 aromatic heterocycles. The fourth-order valence-corrected chi connectivity index (χ4v) is 0.658. The molecule has 0 amide bonds. The molecular formula is C9H14BrN. The normalized spacial score (nSPS) is 14.5. The number of halogens is 1. The molecule has 0 aromatic carbocycles. The van der Waals surface area contributed by atoms with E-state index in [1.54, 1.807) is 0 Å². The van der Waals surface area contributed by atoms with Gasteiger partial charge in [-0.25, -0.2) is 0 Å². The predicted octanol–water partition coefficient (Wildman–Crippen LogP) is 3.32. The Morgan fingerprint density at radius 2 is 2.09 bits per heavy atom. The summed E-state index contributed by atoms with van der Waals surface area (Å²) in [6, 6.07) is 0. The van der Waals surface area contributed by atoms with Gasteiger partial charge in [-0.05, 0) is 36.7 Å². The van der Waals surface area contributed by atoms with Gasteiger partial charge in [0.05, 0.1) is 11.2 Å². The lowest BCUT2D eigenvalue weighted by Gasteiger charge is -1.87. The maximum Gasteiger partial charge on any atom is 0.0747 e. The average molecular weight is 216 g/mol. The van der Waals surface area contributed by atoms with E-state index in [1.807, 2.05) is 19.9 Å². The summed E-state index contributed by atoms with van der Waals surface area (Å²) < 4.78 is 0.945. The predicted molar refractivity (Wildman–Crippen MR) is 55.5 cm³/mol. The molecule has 2 heteroatoms. The first kappa shape index (κ1) is 10.6. The SMILES string of the molecule is C/C=C(/C)C=CCN=C(C)Br. The second-order valence-corrected chi connectivity index (χ2v) is 3.42. The highest BCUT2D eigenvalue weighted by molar-refractivity contribution is 9.18. The summed E-state index contributed by atoms with van der Waals surface area (Å²) in [6.07, 6.45) is 6.18. The summed E-state index contributed by atoms with van der Waals surface area (Å²) in [6.45, 7) is 6.78. The minimum Gasteiger partial charge on any atom is -0.279 e. The van der Waals surface area contributed by atoms with Gasteiger partial charge in [0.25, 0.3) is 0 Å². The first-order valence-electron chi connectivity index (χ1n) is 3.63. The second kappa shape index (κ2) is 6.35. The lowest BCUT2D eigenvalue weighted by Crippen LogP contribution is -1.78. The molecule has 1 nitrogen and oxygen atoms in total. The van der Waals surface area contributed by atoms with Crippen LogP contribution in [0.25, 0.3) is 0 Å². The van der Waals surface area contributed by atoms with E-state index in [0.717, 1.165) is 11.2 Å². The Hall–Kier alpha value is -0.370. The lowest BCUT2D eigenvalue weighted by atomic mass is 10.3. The van der Waals surface area contributed by atoms with E-state index in [1.165, 1.54) is 5.57 Å². The van der Waals surface area contributed by atoms with Crippen LogP contribution in [0.4, 0.5) is 0 Å². The van der Waals surface area contributed by atoms with E-state index in [9.17, 15) is 0 Å². The summed E-state index contributed by atoms with van der Waals surface area (Å²) in [5.41, 5.74) is 1.27. The highest BCUT2D eigenvalue weighted by atomic mass is 79.9. The Labute approximate surface area is 77.0 Å². The molecule has 0 fully saturated rings. The third-order valence-electron chi connectivity index (χ3n) is 1.25.